The first-order valence-corrected chi connectivity index (χ1v) is 7.84. The van der Waals surface area contributed by atoms with Crippen LogP contribution < -0.4 is 5.32 Å². The van der Waals surface area contributed by atoms with E-state index in [2.05, 4.69) is 53.8 Å². The van der Waals surface area contributed by atoms with Gasteiger partial charge in [0.15, 0.2) is 0 Å². The van der Waals surface area contributed by atoms with Crippen LogP contribution in [0.5, 0.6) is 0 Å². The van der Waals surface area contributed by atoms with E-state index in [0.717, 1.165) is 18.5 Å². The first-order valence-electron chi connectivity index (χ1n) is 7.84. The van der Waals surface area contributed by atoms with Gasteiger partial charge in [0, 0.05) is 12.2 Å². The summed E-state index contributed by atoms with van der Waals surface area (Å²) in [6.45, 7) is 8.56. The highest BCUT2D eigenvalue weighted by Gasteiger charge is 2.23. The number of hydrogen-bond donors (Lipinski definition) is 1. The molecule has 1 aliphatic rings. The summed E-state index contributed by atoms with van der Waals surface area (Å²) >= 11 is 0. The molecule has 2 aromatic rings. The Hall–Kier alpha value is -1.84. The smallest absolute Gasteiger partial charge is 0.0828 e. The molecule has 0 radical (unpaired) electrons. The van der Waals surface area contributed by atoms with Crippen LogP contribution in [0.4, 0.5) is 5.69 Å². The standard InChI is InChI=1S/C17H24N4/c1-11(2)21-13(4)16(12(3)20-21)19-15-9-5-7-14-8-6-10-18-17(14)15/h6,8,10-11,15,19H,5,7,9H2,1-4H3. The zero-order valence-corrected chi connectivity index (χ0v) is 13.3. The van der Waals surface area contributed by atoms with E-state index in [0.29, 0.717) is 12.1 Å². The lowest BCUT2D eigenvalue weighted by Crippen LogP contribution is -2.19. The third-order valence-corrected chi connectivity index (χ3v) is 4.33. The molecule has 1 N–H and O–H groups in total. The molecule has 0 fully saturated rings. The van der Waals surface area contributed by atoms with E-state index < -0.39 is 0 Å². The predicted molar refractivity (Wildman–Crippen MR) is 85.6 cm³/mol. The summed E-state index contributed by atoms with van der Waals surface area (Å²) in [5.41, 5.74) is 6.05. The monoisotopic (exact) mass is 284 g/mol. The average molecular weight is 284 g/mol. The summed E-state index contributed by atoms with van der Waals surface area (Å²) in [6.07, 6.45) is 5.39. The lowest BCUT2D eigenvalue weighted by Gasteiger charge is -2.26. The molecule has 0 amide bonds. The number of rotatable bonds is 3. The lowest BCUT2D eigenvalue weighted by atomic mass is 9.91. The maximum atomic E-state index is 4.66. The van der Waals surface area contributed by atoms with E-state index in [1.807, 2.05) is 12.3 Å². The molecule has 112 valence electrons. The highest BCUT2D eigenvalue weighted by atomic mass is 15.3. The average Bonchev–Trinajstić information content (AvgIpc) is 2.76. The Labute approximate surface area is 126 Å². The number of pyridine rings is 1. The fourth-order valence-electron chi connectivity index (χ4n) is 3.30. The van der Waals surface area contributed by atoms with Crippen molar-refractivity contribution in [2.75, 3.05) is 5.32 Å². The van der Waals surface area contributed by atoms with Gasteiger partial charge in [0.1, 0.15) is 0 Å². The second-order valence-electron chi connectivity index (χ2n) is 6.22. The molecule has 2 aromatic heterocycles. The molecule has 4 nitrogen and oxygen atoms in total. The zero-order valence-electron chi connectivity index (χ0n) is 13.3. The molecule has 0 aliphatic heterocycles. The molecule has 0 aromatic carbocycles. The van der Waals surface area contributed by atoms with Crippen molar-refractivity contribution in [1.82, 2.24) is 14.8 Å². The van der Waals surface area contributed by atoms with Crippen LogP contribution in [0.25, 0.3) is 0 Å². The Kier molecular flexibility index (Phi) is 3.70. The number of aromatic nitrogens is 3. The normalized spacial score (nSPS) is 17.9. The van der Waals surface area contributed by atoms with Crippen molar-refractivity contribution in [1.29, 1.82) is 0 Å². The summed E-state index contributed by atoms with van der Waals surface area (Å²) in [4.78, 5) is 4.61. The maximum Gasteiger partial charge on any atom is 0.0828 e. The zero-order chi connectivity index (χ0) is 15.0. The summed E-state index contributed by atoms with van der Waals surface area (Å²) in [5, 5.41) is 8.37. The van der Waals surface area contributed by atoms with Gasteiger partial charge < -0.3 is 5.32 Å². The van der Waals surface area contributed by atoms with Gasteiger partial charge in [0.05, 0.1) is 28.8 Å². The molecule has 0 saturated carbocycles. The van der Waals surface area contributed by atoms with Gasteiger partial charge in [0.25, 0.3) is 0 Å². The van der Waals surface area contributed by atoms with Crippen molar-refractivity contribution in [2.24, 2.45) is 0 Å². The van der Waals surface area contributed by atoms with E-state index in [1.54, 1.807) is 0 Å². The van der Waals surface area contributed by atoms with Gasteiger partial charge >= 0.3 is 0 Å². The van der Waals surface area contributed by atoms with Gasteiger partial charge in [-0.15, -0.1) is 0 Å². The minimum Gasteiger partial charge on any atom is -0.374 e. The van der Waals surface area contributed by atoms with E-state index in [-0.39, 0.29) is 0 Å². The molecule has 1 atom stereocenters. The number of hydrogen-bond acceptors (Lipinski definition) is 3. The second-order valence-corrected chi connectivity index (χ2v) is 6.22. The van der Waals surface area contributed by atoms with Crippen molar-refractivity contribution in [2.45, 2.75) is 59.0 Å². The Morgan fingerprint density at radius 2 is 2.14 bits per heavy atom. The van der Waals surface area contributed by atoms with Crippen molar-refractivity contribution < 1.29 is 0 Å². The Morgan fingerprint density at radius 3 is 2.86 bits per heavy atom. The predicted octanol–water partition coefficient (Wildman–Crippen LogP) is 3.97. The minimum absolute atomic E-state index is 0.303. The molecule has 3 rings (SSSR count). The molecule has 0 bridgehead atoms. The van der Waals surface area contributed by atoms with Crippen molar-refractivity contribution in [3.63, 3.8) is 0 Å². The van der Waals surface area contributed by atoms with Crippen LogP contribution >= 0.6 is 0 Å². The SMILES string of the molecule is Cc1nn(C(C)C)c(C)c1NC1CCCc2cccnc21. The summed E-state index contributed by atoms with van der Waals surface area (Å²) in [5.74, 6) is 0. The fraction of sp³-hybridized carbons (Fsp3) is 0.529. The largest absolute Gasteiger partial charge is 0.374 e. The molecule has 21 heavy (non-hydrogen) atoms. The first-order chi connectivity index (χ1) is 10.1. The van der Waals surface area contributed by atoms with Crippen molar-refractivity contribution in [3.8, 4) is 0 Å². The number of nitrogens with zero attached hydrogens (tertiary/aromatic N) is 3. The third-order valence-electron chi connectivity index (χ3n) is 4.33. The van der Waals surface area contributed by atoms with Crippen LogP contribution in [-0.4, -0.2) is 14.8 Å². The van der Waals surface area contributed by atoms with Crippen LogP contribution in [0.3, 0.4) is 0 Å². The molecular weight excluding hydrogens is 260 g/mol. The molecule has 1 aliphatic carbocycles. The van der Waals surface area contributed by atoms with Crippen LogP contribution in [0.1, 0.15) is 61.4 Å². The van der Waals surface area contributed by atoms with E-state index in [9.17, 15) is 0 Å². The Morgan fingerprint density at radius 1 is 1.33 bits per heavy atom. The van der Waals surface area contributed by atoms with Crippen molar-refractivity contribution in [3.05, 3.63) is 41.0 Å². The van der Waals surface area contributed by atoms with Crippen LogP contribution in [-0.2, 0) is 6.42 Å². The van der Waals surface area contributed by atoms with Gasteiger partial charge in [-0.05, 0) is 58.6 Å². The van der Waals surface area contributed by atoms with E-state index in [4.69, 9.17) is 0 Å². The van der Waals surface area contributed by atoms with Gasteiger partial charge in [-0.3, -0.25) is 9.67 Å². The summed E-state index contributed by atoms with van der Waals surface area (Å²) in [7, 11) is 0. The van der Waals surface area contributed by atoms with Gasteiger partial charge in [-0.25, -0.2) is 0 Å². The third kappa shape index (κ3) is 2.55. The number of aryl methyl sites for hydroxylation is 2. The molecular formula is C17H24N4. The highest BCUT2D eigenvalue weighted by Crippen LogP contribution is 2.33. The Bertz CT molecular complexity index is 642. The number of anilines is 1. The van der Waals surface area contributed by atoms with E-state index in [1.165, 1.54) is 29.1 Å². The lowest BCUT2D eigenvalue weighted by molar-refractivity contribution is 0.516. The first kappa shape index (κ1) is 14.1. The molecule has 0 saturated heterocycles. The van der Waals surface area contributed by atoms with Gasteiger partial charge in [-0.2, -0.15) is 5.10 Å². The molecule has 1 unspecified atom stereocenters. The van der Waals surface area contributed by atoms with Crippen LogP contribution in [0.2, 0.25) is 0 Å². The van der Waals surface area contributed by atoms with Crippen molar-refractivity contribution >= 4 is 5.69 Å². The fourth-order valence-corrected chi connectivity index (χ4v) is 3.30. The van der Waals surface area contributed by atoms with E-state index >= 15 is 0 Å². The summed E-state index contributed by atoms with van der Waals surface area (Å²) in [6, 6.07) is 4.93. The van der Waals surface area contributed by atoms with Crippen LogP contribution in [0.15, 0.2) is 18.3 Å². The topological polar surface area (TPSA) is 42.7 Å². The maximum absolute atomic E-state index is 4.66. The number of fused-ring (bicyclic) bond motifs is 1. The van der Waals surface area contributed by atoms with Gasteiger partial charge in [0.2, 0.25) is 0 Å². The highest BCUT2D eigenvalue weighted by molar-refractivity contribution is 5.54. The minimum atomic E-state index is 0.303. The molecule has 0 spiro atoms. The second kappa shape index (κ2) is 5.51. The van der Waals surface area contributed by atoms with Crippen LogP contribution in [0, 0.1) is 13.8 Å². The van der Waals surface area contributed by atoms with Gasteiger partial charge in [-0.1, -0.05) is 6.07 Å². The molecule has 4 heteroatoms. The number of nitrogens with one attached hydrogen (secondary N) is 1. The Balaban J connectivity index is 1.92. The quantitative estimate of drug-likeness (QED) is 0.927. The summed E-state index contributed by atoms with van der Waals surface area (Å²) < 4.78 is 2.10. The molecule has 2 heterocycles.